The maximum absolute atomic E-state index is 13.2. The molecule has 1 aromatic heterocycles. The first-order chi connectivity index (χ1) is 10.3. The van der Waals surface area contributed by atoms with Crippen LogP contribution in [0.1, 0.15) is 20.3 Å². The van der Waals surface area contributed by atoms with Gasteiger partial charge < -0.3 is 5.32 Å². The van der Waals surface area contributed by atoms with Crippen molar-refractivity contribution in [2.24, 2.45) is 11.3 Å². The van der Waals surface area contributed by atoms with Crippen molar-refractivity contribution < 1.29 is 13.6 Å². The van der Waals surface area contributed by atoms with Gasteiger partial charge in [-0.25, -0.2) is 13.8 Å². The standard InChI is InChI=1S/C16H15F2N3O/c1-16(2)6-12(16)15(22)21-14-8-19-13(7-20-14)9-3-10(17)5-11(18)4-9/h3-5,7-8,12H,6H2,1-2H3,(H,20,21,22)/t12-/m0/s1. The molecule has 1 fully saturated rings. The van der Waals surface area contributed by atoms with E-state index in [1.165, 1.54) is 24.5 Å². The largest absolute Gasteiger partial charge is 0.309 e. The molecule has 22 heavy (non-hydrogen) atoms. The van der Waals surface area contributed by atoms with Crippen LogP contribution in [0.15, 0.2) is 30.6 Å². The van der Waals surface area contributed by atoms with E-state index in [2.05, 4.69) is 15.3 Å². The van der Waals surface area contributed by atoms with Crippen molar-refractivity contribution in [3.8, 4) is 11.3 Å². The van der Waals surface area contributed by atoms with Crippen molar-refractivity contribution in [3.63, 3.8) is 0 Å². The highest BCUT2D eigenvalue weighted by atomic mass is 19.1. The van der Waals surface area contributed by atoms with Gasteiger partial charge in [-0.2, -0.15) is 0 Å². The second kappa shape index (κ2) is 5.12. The molecule has 0 bridgehead atoms. The van der Waals surface area contributed by atoms with Crippen LogP contribution in [0.3, 0.4) is 0 Å². The lowest BCUT2D eigenvalue weighted by molar-refractivity contribution is -0.118. The minimum absolute atomic E-state index is 0.00806. The molecule has 0 aliphatic heterocycles. The molecule has 1 heterocycles. The van der Waals surface area contributed by atoms with Crippen LogP contribution in [-0.2, 0) is 4.79 Å². The first kappa shape index (κ1) is 14.6. The molecule has 1 atom stereocenters. The smallest absolute Gasteiger partial charge is 0.229 e. The van der Waals surface area contributed by atoms with Gasteiger partial charge in [0.2, 0.25) is 5.91 Å². The second-order valence-electron chi connectivity index (χ2n) is 6.18. The third kappa shape index (κ3) is 2.95. The van der Waals surface area contributed by atoms with Crippen LogP contribution < -0.4 is 5.32 Å². The van der Waals surface area contributed by atoms with Crippen molar-refractivity contribution in [1.29, 1.82) is 0 Å². The average Bonchev–Trinajstić information content (AvgIpc) is 3.08. The van der Waals surface area contributed by atoms with E-state index in [4.69, 9.17) is 0 Å². The van der Waals surface area contributed by atoms with E-state index >= 15 is 0 Å². The molecule has 1 N–H and O–H groups in total. The normalized spacial score (nSPS) is 18.8. The molecule has 6 heteroatoms. The fraction of sp³-hybridized carbons (Fsp3) is 0.312. The predicted octanol–water partition coefficient (Wildman–Crippen LogP) is 3.41. The van der Waals surface area contributed by atoms with Gasteiger partial charge in [0.25, 0.3) is 0 Å². The number of nitrogens with one attached hydrogen (secondary N) is 1. The van der Waals surface area contributed by atoms with Gasteiger partial charge >= 0.3 is 0 Å². The van der Waals surface area contributed by atoms with Crippen molar-refractivity contribution >= 4 is 11.7 Å². The number of amides is 1. The molecular formula is C16H15F2N3O. The van der Waals surface area contributed by atoms with Gasteiger partial charge in [-0.1, -0.05) is 13.8 Å². The Bertz CT molecular complexity index is 708. The molecule has 1 amide bonds. The van der Waals surface area contributed by atoms with Gasteiger partial charge in [0, 0.05) is 17.5 Å². The molecule has 0 spiro atoms. The van der Waals surface area contributed by atoms with Crippen molar-refractivity contribution in [3.05, 3.63) is 42.2 Å². The molecule has 1 aliphatic carbocycles. The van der Waals surface area contributed by atoms with Gasteiger partial charge in [0.15, 0.2) is 5.82 Å². The fourth-order valence-corrected chi connectivity index (χ4v) is 2.37. The van der Waals surface area contributed by atoms with Crippen molar-refractivity contribution in [2.45, 2.75) is 20.3 Å². The fourth-order valence-electron chi connectivity index (χ4n) is 2.37. The zero-order valence-corrected chi connectivity index (χ0v) is 12.2. The van der Waals surface area contributed by atoms with Gasteiger partial charge in [0.05, 0.1) is 18.1 Å². The maximum atomic E-state index is 13.2. The number of hydrogen-bond acceptors (Lipinski definition) is 3. The Balaban J connectivity index is 1.74. The van der Waals surface area contributed by atoms with Gasteiger partial charge in [-0.3, -0.25) is 9.78 Å². The van der Waals surface area contributed by atoms with Gasteiger partial charge in [0.1, 0.15) is 11.6 Å². The molecule has 0 saturated heterocycles. The molecule has 0 radical (unpaired) electrons. The van der Waals surface area contributed by atoms with E-state index in [9.17, 15) is 13.6 Å². The summed E-state index contributed by atoms with van der Waals surface area (Å²) in [6, 6.07) is 3.15. The Morgan fingerprint density at radius 3 is 2.32 bits per heavy atom. The lowest BCUT2D eigenvalue weighted by Gasteiger charge is -2.06. The minimum Gasteiger partial charge on any atom is -0.309 e. The van der Waals surface area contributed by atoms with Crippen LogP contribution in [0.2, 0.25) is 0 Å². The van der Waals surface area contributed by atoms with E-state index in [1.54, 1.807) is 0 Å². The molecular weight excluding hydrogens is 288 g/mol. The number of halogens is 2. The Morgan fingerprint density at radius 1 is 1.18 bits per heavy atom. The minimum atomic E-state index is -0.676. The van der Waals surface area contributed by atoms with Crippen LogP contribution in [0.25, 0.3) is 11.3 Å². The summed E-state index contributed by atoms with van der Waals surface area (Å²) in [5.74, 6) is -1.11. The number of benzene rings is 1. The van der Waals surface area contributed by atoms with E-state index < -0.39 is 11.6 Å². The van der Waals surface area contributed by atoms with Gasteiger partial charge in [-0.05, 0) is 24.0 Å². The van der Waals surface area contributed by atoms with Crippen LogP contribution in [-0.4, -0.2) is 15.9 Å². The summed E-state index contributed by atoms with van der Waals surface area (Å²) < 4.78 is 26.4. The zero-order chi connectivity index (χ0) is 15.9. The molecule has 1 saturated carbocycles. The Kier molecular flexibility index (Phi) is 3.39. The Morgan fingerprint density at radius 2 is 1.82 bits per heavy atom. The number of carbonyl (C=O) groups is 1. The number of rotatable bonds is 3. The van der Waals surface area contributed by atoms with Crippen LogP contribution in [0, 0.1) is 23.0 Å². The molecule has 3 rings (SSSR count). The predicted molar refractivity (Wildman–Crippen MR) is 77.9 cm³/mol. The number of carbonyl (C=O) groups excluding carboxylic acids is 1. The highest BCUT2D eigenvalue weighted by Crippen LogP contribution is 2.51. The quantitative estimate of drug-likeness (QED) is 0.945. The number of aromatic nitrogens is 2. The Labute approximate surface area is 126 Å². The second-order valence-corrected chi connectivity index (χ2v) is 6.18. The van der Waals surface area contributed by atoms with Crippen LogP contribution in [0.4, 0.5) is 14.6 Å². The van der Waals surface area contributed by atoms with Gasteiger partial charge in [-0.15, -0.1) is 0 Å². The molecule has 114 valence electrons. The first-order valence-electron chi connectivity index (χ1n) is 6.94. The van der Waals surface area contributed by atoms with Crippen LogP contribution >= 0.6 is 0 Å². The SMILES string of the molecule is CC1(C)C[C@H]1C(=O)Nc1cnc(-c2cc(F)cc(F)c2)cn1. The van der Waals surface area contributed by atoms with Crippen LogP contribution in [0.5, 0.6) is 0 Å². The highest BCUT2D eigenvalue weighted by Gasteiger charge is 2.50. The average molecular weight is 303 g/mol. The molecule has 0 unspecified atom stereocenters. The number of hydrogen-bond donors (Lipinski definition) is 1. The topological polar surface area (TPSA) is 54.9 Å². The molecule has 4 nitrogen and oxygen atoms in total. The van der Waals surface area contributed by atoms with Crippen molar-refractivity contribution in [1.82, 2.24) is 9.97 Å². The van der Waals surface area contributed by atoms with E-state index in [0.29, 0.717) is 17.1 Å². The summed E-state index contributed by atoms with van der Waals surface area (Å²) in [4.78, 5) is 20.1. The summed E-state index contributed by atoms with van der Waals surface area (Å²) >= 11 is 0. The third-order valence-electron chi connectivity index (χ3n) is 3.89. The maximum Gasteiger partial charge on any atom is 0.229 e. The molecule has 1 aromatic carbocycles. The monoisotopic (exact) mass is 303 g/mol. The van der Waals surface area contributed by atoms with E-state index in [-0.39, 0.29) is 17.2 Å². The lowest BCUT2D eigenvalue weighted by atomic mass is 10.1. The first-order valence-corrected chi connectivity index (χ1v) is 6.94. The van der Waals surface area contributed by atoms with E-state index in [1.807, 2.05) is 13.8 Å². The Hall–Kier alpha value is -2.37. The third-order valence-corrected chi connectivity index (χ3v) is 3.89. The highest BCUT2D eigenvalue weighted by molar-refractivity contribution is 5.94. The van der Waals surface area contributed by atoms with Crippen molar-refractivity contribution in [2.75, 3.05) is 5.32 Å². The summed E-state index contributed by atoms with van der Waals surface area (Å²) in [7, 11) is 0. The molecule has 1 aliphatic rings. The summed E-state index contributed by atoms with van der Waals surface area (Å²) in [5, 5.41) is 2.70. The summed E-state index contributed by atoms with van der Waals surface area (Å²) in [6.07, 6.45) is 3.61. The van der Waals surface area contributed by atoms with E-state index in [0.717, 1.165) is 12.5 Å². The number of anilines is 1. The number of nitrogens with zero attached hydrogens (tertiary/aromatic N) is 2. The lowest BCUT2D eigenvalue weighted by Crippen LogP contribution is -2.17. The summed E-state index contributed by atoms with van der Waals surface area (Å²) in [5.41, 5.74) is 0.672. The molecule has 2 aromatic rings. The summed E-state index contributed by atoms with van der Waals surface area (Å²) in [6.45, 7) is 4.06. The zero-order valence-electron chi connectivity index (χ0n) is 12.2.